The Morgan fingerprint density at radius 2 is 1.90 bits per heavy atom. The topological polar surface area (TPSA) is 43.1 Å². The van der Waals surface area contributed by atoms with Gasteiger partial charge in [-0.05, 0) is 31.9 Å². The van der Waals surface area contributed by atoms with E-state index in [0.29, 0.717) is 5.92 Å². The van der Waals surface area contributed by atoms with E-state index in [-0.39, 0.29) is 18.2 Å². The first-order valence-electron chi connectivity index (χ1n) is 6.54. The highest BCUT2D eigenvalue weighted by atomic mass is 35.5. The number of furan rings is 1. The van der Waals surface area contributed by atoms with Gasteiger partial charge in [-0.3, -0.25) is 9.78 Å². The van der Waals surface area contributed by atoms with Gasteiger partial charge in [0.2, 0.25) is 0 Å². The average molecular weight is 294 g/mol. The minimum absolute atomic E-state index is 0. The second kappa shape index (κ2) is 6.71. The summed E-state index contributed by atoms with van der Waals surface area (Å²) in [5.41, 5.74) is 2.62. The molecule has 0 aromatic carbocycles. The molecule has 0 saturated carbocycles. The van der Waals surface area contributed by atoms with Crippen molar-refractivity contribution in [3.05, 3.63) is 41.4 Å². The summed E-state index contributed by atoms with van der Waals surface area (Å²) in [7, 11) is 0. The molecule has 0 aliphatic carbocycles. The van der Waals surface area contributed by atoms with Gasteiger partial charge in [0.15, 0.2) is 5.78 Å². The predicted molar refractivity (Wildman–Crippen MR) is 82.5 cm³/mol. The molecule has 0 fully saturated rings. The zero-order valence-electron chi connectivity index (χ0n) is 12.3. The molecule has 0 saturated heterocycles. The first-order chi connectivity index (χ1) is 9.00. The number of halogens is 1. The molecule has 2 rings (SSSR count). The van der Waals surface area contributed by atoms with Crippen LogP contribution in [0.4, 0.5) is 0 Å². The van der Waals surface area contributed by atoms with Crippen LogP contribution in [0.5, 0.6) is 0 Å². The third-order valence-corrected chi connectivity index (χ3v) is 3.11. The molecule has 3 nitrogen and oxygen atoms in total. The Hall–Kier alpha value is -1.61. The van der Waals surface area contributed by atoms with Crippen LogP contribution in [-0.4, -0.2) is 10.8 Å². The lowest BCUT2D eigenvalue weighted by molar-refractivity contribution is 0.101. The van der Waals surface area contributed by atoms with Crippen LogP contribution >= 0.6 is 12.4 Å². The van der Waals surface area contributed by atoms with Crippen LogP contribution in [-0.2, 0) is 6.42 Å². The van der Waals surface area contributed by atoms with E-state index in [9.17, 15) is 4.79 Å². The number of nitrogens with zero attached hydrogens (tertiary/aromatic N) is 1. The summed E-state index contributed by atoms with van der Waals surface area (Å²) in [5, 5.41) is 0. The van der Waals surface area contributed by atoms with Crippen LogP contribution in [0.2, 0.25) is 0 Å². The number of carbonyl (C=O) groups excluding carboxylic acids is 1. The van der Waals surface area contributed by atoms with Gasteiger partial charge in [-0.25, -0.2) is 0 Å². The van der Waals surface area contributed by atoms with Gasteiger partial charge in [-0.15, -0.1) is 12.4 Å². The highest BCUT2D eigenvalue weighted by molar-refractivity contribution is 5.98. The molecular formula is C16H20ClNO2. The van der Waals surface area contributed by atoms with E-state index in [1.807, 2.05) is 19.1 Å². The number of hydrogen-bond donors (Lipinski definition) is 0. The van der Waals surface area contributed by atoms with Crippen molar-refractivity contribution < 1.29 is 9.21 Å². The monoisotopic (exact) mass is 293 g/mol. The van der Waals surface area contributed by atoms with Crippen LogP contribution < -0.4 is 0 Å². The molecule has 20 heavy (non-hydrogen) atoms. The highest BCUT2D eigenvalue weighted by Gasteiger charge is 2.21. The van der Waals surface area contributed by atoms with Gasteiger partial charge in [0, 0.05) is 29.9 Å². The standard InChI is InChI=1S/C16H19NO2.ClH/c1-10(2)9-14-15(12(4)18)11(3)16(19-14)13-5-7-17-8-6-13;/h5-8,10H,9H2,1-4H3;1H. The molecule has 0 N–H and O–H groups in total. The zero-order valence-corrected chi connectivity index (χ0v) is 13.1. The Bertz CT molecular complexity index is 588. The Labute approximate surface area is 125 Å². The molecule has 2 heterocycles. The molecule has 0 amide bonds. The maximum absolute atomic E-state index is 11.8. The van der Waals surface area contributed by atoms with E-state index in [1.54, 1.807) is 19.3 Å². The van der Waals surface area contributed by atoms with Gasteiger partial charge >= 0.3 is 0 Å². The fourth-order valence-electron chi connectivity index (χ4n) is 2.33. The van der Waals surface area contributed by atoms with Crippen LogP contribution in [0.15, 0.2) is 28.9 Å². The summed E-state index contributed by atoms with van der Waals surface area (Å²) >= 11 is 0. The van der Waals surface area contributed by atoms with E-state index < -0.39 is 0 Å². The van der Waals surface area contributed by atoms with Crippen LogP contribution in [0, 0.1) is 12.8 Å². The maximum Gasteiger partial charge on any atom is 0.163 e. The normalized spacial score (nSPS) is 10.4. The number of rotatable bonds is 4. The Balaban J connectivity index is 0.00000200. The Morgan fingerprint density at radius 3 is 2.40 bits per heavy atom. The number of pyridine rings is 1. The summed E-state index contributed by atoms with van der Waals surface area (Å²) in [4.78, 5) is 15.8. The van der Waals surface area contributed by atoms with Crippen molar-refractivity contribution in [1.82, 2.24) is 4.98 Å². The van der Waals surface area contributed by atoms with Crippen molar-refractivity contribution in [1.29, 1.82) is 0 Å². The summed E-state index contributed by atoms with van der Waals surface area (Å²) < 4.78 is 5.96. The second-order valence-corrected chi connectivity index (χ2v) is 5.24. The lowest BCUT2D eigenvalue weighted by Crippen LogP contribution is -2.01. The predicted octanol–water partition coefficient (Wildman–Crippen LogP) is 4.47. The molecule has 0 aliphatic heterocycles. The summed E-state index contributed by atoms with van der Waals surface area (Å²) in [6.45, 7) is 7.78. The van der Waals surface area contributed by atoms with Crippen molar-refractivity contribution in [3.63, 3.8) is 0 Å². The molecule has 0 unspecified atom stereocenters. The van der Waals surface area contributed by atoms with E-state index in [4.69, 9.17) is 4.42 Å². The van der Waals surface area contributed by atoms with Gasteiger partial charge in [0.1, 0.15) is 11.5 Å². The summed E-state index contributed by atoms with van der Waals surface area (Å²) in [6, 6.07) is 3.80. The first-order valence-corrected chi connectivity index (χ1v) is 6.54. The van der Waals surface area contributed by atoms with Crippen molar-refractivity contribution in [3.8, 4) is 11.3 Å². The molecule has 0 spiro atoms. The first kappa shape index (κ1) is 16.4. The number of Topliss-reactive ketones (excluding diaryl/α,β-unsaturated/α-hetero) is 1. The molecule has 0 radical (unpaired) electrons. The number of aromatic nitrogens is 1. The number of carbonyl (C=O) groups is 1. The minimum atomic E-state index is 0. The number of ketones is 1. The average Bonchev–Trinajstić information content (AvgIpc) is 2.66. The third kappa shape index (κ3) is 3.28. The molecule has 4 heteroatoms. The molecule has 0 aliphatic rings. The molecule has 2 aromatic rings. The van der Waals surface area contributed by atoms with Gasteiger partial charge in [-0.2, -0.15) is 0 Å². The SMILES string of the molecule is CC(=O)c1c(CC(C)C)oc(-c2ccncc2)c1C.Cl. The van der Waals surface area contributed by atoms with E-state index >= 15 is 0 Å². The lowest BCUT2D eigenvalue weighted by Gasteiger charge is -2.02. The molecule has 0 bridgehead atoms. The van der Waals surface area contributed by atoms with E-state index in [2.05, 4.69) is 18.8 Å². The van der Waals surface area contributed by atoms with Gasteiger partial charge in [-0.1, -0.05) is 13.8 Å². The van der Waals surface area contributed by atoms with Crippen molar-refractivity contribution >= 4 is 18.2 Å². The fraction of sp³-hybridized carbons (Fsp3) is 0.375. The van der Waals surface area contributed by atoms with Crippen molar-refractivity contribution in [2.24, 2.45) is 5.92 Å². The Morgan fingerprint density at radius 1 is 1.30 bits per heavy atom. The maximum atomic E-state index is 11.8. The second-order valence-electron chi connectivity index (χ2n) is 5.24. The van der Waals surface area contributed by atoms with Crippen LogP contribution in [0.25, 0.3) is 11.3 Å². The summed E-state index contributed by atoms with van der Waals surface area (Å²) in [5.74, 6) is 2.10. The van der Waals surface area contributed by atoms with Crippen LogP contribution in [0.1, 0.15) is 42.5 Å². The molecule has 2 aromatic heterocycles. The Kier molecular flexibility index (Phi) is 5.52. The van der Waals surface area contributed by atoms with Crippen molar-refractivity contribution in [2.75, 3.05) is 0 Å². The smallest absolute Gasteiger partial charge is 0.163 e. The lowest BCUT2D eigenvalue weighted by atomic mass is 9.99. The van der Waals surface area contributed by atoms with Gasteiger partial charge < -0.3 is 4.42 Å². The van der Waals surface area contributed by atoms with Gasteiger partial charge in [0.25, 0.3) is 0 Å². The quantitative estimate of drug-likeness (QED) is 0.781. The van der Waals surface area contributed by atoms with Crippen molar-refractivity contribution in [2.45, 2.75) is 34.1 Å². The largest absolute Gasteiger partial charge is 0.460 e. The van der Waals surface area contributed by atoms with Gasteiger partial charge in [0.05, 0.1) is 5.56 Å². The molecule has 108 valence electrons. The molecular weight excluding hydrogens is 274 g/mol. The number of hydrogen-bond acceptors (Lipinski definition) is 3. The fourth-order valence-corrected chi connectivity index (χ4v) is 2.33. The van der Waals surface area contributed by atoms with E-state index in [0.717, 1.165) is 34.6 Å². The molecule has 0 atom stereocenters. The highest BCUT2D eigenvalue weighted by Crippen LogP contribution is 2.32. The minimum Gasteiger partial charge on any atom is -0.460 e. The third-order valence-electron chi connectivity index (χ3n) is 3.11. The van der Waals surface area contributed by atoms with E-state index in [1.165, 1.54) is 0 Å². The zero-order chi connectivity index (χ0) is 14.0. The summed E-state index contributed by atoms with van der Waals surface area (Å²) in [6.07, 6.45) is 4.24. The van der Waals surface area contributed by atoms with Crippen LogP contribution in [0.3, 0.4) is 0 Å².